The van der Waals surface area contributed by atoms with Crippen LogP contribution in [0.15, 0.2) is 18.2 Å². The summed E-state index contributed by atoms with van der Waals surface area (Å²) in [6, 6.07) is 6.22. The molecule has 1 aliphatic heterocycles. The predicted octanol–water partition coefficient (Wildman–Crippen LogP) is 3.18. The molecule has 0 aromatic heterocycles. The molecule has 1 aromatic rings. The van der Waals surface area contributed by atoms with Crippen molar-refractivity contribution in [2.24, 2.45) is 0 Å². The van der Waals surface area contributed by atoms with E-state index in [1.807, 2.05) is 0 Å². The number of rotatable bonds is 2. The van der Waals surface area contributed by atoms with Gasteiger partial charge in [-0.25, -0.2) is 4.39 Å². The maximum Gasteiger partial charge on any atom is 0.144 e. The van der Waals surface area contributed by atoms with Gasteiger partial charge in [0.1, 0.15) is 23.7 Å². The van der Waals surface area contributed by atoms with Crippen LogP contribution in [0, 0.1) is 17.1 Å². The van der Waals surface area contributed by atoms with Gasteiger partial charge in [0.15, 0.2) is 0 Å². The molecular formula is C15H16FNO2. The Morgan fingerprint density at radius 1 is 1.42 bits per heavy atom. The van der Waals surface area contributed by atoms with Gasteiger partial charge in [0.05, 0.1) is 17.8 Å². The van der Waals surface area contributed by atoms with E-state index in [2.05, 4.69) is 0 Å². The van der Waals surface area contributed by atoms with E-state index in [1.54, 1.807) is 12.1 Å². The first-order valence-electron chi connectivity index (χ1n) is 6.71. The maximum atomic E-state index is 13.5. The van der Waals surface area contributed by atoms with Gasteiger partial charge in [0.2, 0.25) is 0 Å². The average molecular weight is 261 g/mol. The van der Waals surface area contributed by atoms with Crippen LogP contribution in [0.4, 0.5) is 4.39 Å². The predicted molar refractivity (Wildman–Crippen MR) is 67.3 cm³/mol. The first-order chi connectivity index (χ1) is 9.21. The second-order valence-electron chi connectivity index (χ2n) is 5.37. The largest absolute Gasteiger partial charge is 0.490 e. The highest BCUT2D eigenvalue weighted by Crippen LogP contribution is 2.43. The van der Waals surface area contributed by atoms with E-state index in [0.29, 0.717) is 12.4 Å². The van der Waals surface area contributed by atoms with Crippen LogP contribution in [0.3, 0.4) is 0 Å². The first-order valence-corrected chi connectivity index (χ1v) is 6.71. The molecule has 2 aliphatic rings. The highest BCUT2D eigenvalue weighted by atomic mass is 19.1. The third-order valence-corrected chi connectivity index (χ3v) is 4.08. The second kappa shape index (κ2) is 4.82. The molecule has 0 N–H and O–H groups in total. The molecule has 1 saturated heterocycles. The van der Waals surface area contributed by atoms with Gasteiger partial charge in [-0.3, -0.25) is 0 Å². The number of halogens is 1. The van der Waals surface area contributed by atoms with Crippen LogP contribution in [0.2, 0.25) is 0 Å². The number of nitrogens with zero attached hydrogens (tertiary/aromatic N) is 1. The first kappa shape index (κ1) is 12.4. The number of benzene rings is 1. The van der Waals surface area contributed by atoms with Crippen molar-refractivity contribution in [3.8, 4) is 11.8 Å². The Hall–Kier alpha value is -1.60. The van der Waals surface area contributed by atoms with Crippen LogP contribution < -0.4 is 4.74 Å². The molecule has 1 unspecified atom stereocenters. The molecule has 100 valence electrons. The summed E-state index contributed by atoms with van der Waals surface area (Å²) in [5, 5.41) is 8.69. The van der Waals surface area contributed by atoms with Gasteiger partial charge in [-0.15, -0.1) is 0 Å². The summed E-state index contributed by atoms with van der Waals surface area (Å²) in [6.07, 6.45) is 5.24. The van der Waals surface area contributed by atoms with E-state index in [9.17, 15) is 4.39 Å². The van der Waals surface area contributed by atoms with Crippen LogP contribution in [0.5, 0.6) is 5.75 Å². The number of ether oxygens (including phenoxy) is 2. The zero-order valence-corrected chi connectivity index (χ0v) is 10.7. The van der Waals surface area contributed by atoms with Crippen molar-refractivity contribution in [1.82, 2.24) is 0 Å². The number of hydrogen-bond acceptors (Lipinski definition) is 3. The molecular weight excluding hydrogens is 245 g/mol. The summed E-state index contributed by atoms with van der Waals surface area (Å²) in [6.45, 7) is 0.712. The quantitative estimate of drug-likeness (QED) is 0.821. The Bertz CT molecular complexity index is 519. The molecule has 0 bridgehead atoms. The summed E-state index contributed by atoms with van der Waals surface area (Å²) in [4.78, 5) is 0. The molecule has 1 spiro atoms. The Balaban J connectivity index is 1.68. The molecule has 2 fully saturated rings. The summed E-state index contributed by atoms with van der Waals surface area (Å²) in [5.41, 5.74) is 0.0726. The van der Waals surface area contributed by atoms with E-state index >= 15 is 0 Å². The summed E-state index contributed by atoms with van der Waals surface area (Å²) in [7, 11) is 0. The van der Waals surface area contributed by atoms with Crippen molar-refractivity contribution in [1.29, 1.82) is 5.26 Å². The Kier molecular flexibility index (Phi) is 3.16. The molecule has 1 atom stereocenters. The minimum Gasteiger partial charge on any atom is -0.490 e. The lowest BCUT2D eigenvalue weighted by Crippen LogP contribution is -2.48. The minimum absolute atomic E-state index is 0.0219. The van der Waals surface area contributed by atoms with Gasteiger partial charge in [0, 0.05) is 18.9 Å². The molecule has 1 aromatic carbocycles. The third-order valence-electron chi connectivity index (χ3n) is 4.08. The summed E-state index contributed by atoms with van der Waals surface area (Å²) in [5.74, 6) is -0.0247. The summed E-state index contributed by atoms with van der Waals surface area (Å²) < 4.78 is 25.2. The Labute approximate surface area is 111 Å². The van der Waals surface area contributed by atoms with E-state index < -0.39 is 5.82 Å². The van der Waals surface area contributed by atoms with Crippen LogP contribution in [0.1, 0.15) is 37.7 Å². The zero-order valence-electron chi connectivity index (χ0n) is 10.7. The van der Waals surface area contributed by atoms with E-state index in [0.717, 1.165) is 25.7 Å². The van der Waals surface area contributed by atoms with Gasteiger partial charge >= 0.3 is 0 Å². The lowest BCUT2D eigenvalue weighted by Gasteiger charge is -2.46. The smallest absolute Gasteiger partial charge is 0.144 e. The van der Waals surface area contributed by atoms with Gasteiger partial charge in [-0.1, -0.05) is 0 Å². The van der Waals surface area contributed by atoms with Crippen LogP contribution in [-0.4, -0.2) is 18.3 Å². The van der Waals surface area contributed by atoms with Crippen molar-refractivity contribution >= 4 is 0 Å². The summed E-state index contributed by atoms with van der Waals surface area (Å²) >= 11 is 0. The van der Waals surface area contributed by atoms with Crippen LogP contribution in [0.25, 0.3) is 0 Å². The van der Waals surface area contributed by atoms with Gasteiger partial charge in [-0.2, -0.15) is 5.26 Å². The van der Waals surface area contributed by atoms with Crippen molar-refractivity contribution < 1.29 is 13.9 Å². The zero-order chi connectivity index (χ0) is 13.3. The molecule has 1 saturated carbocycles. The highest BCUT2D eigenvalue weighted by molar-refractivity contribution is 5.36. The van der Waals surface area contributed by atoms with Gasteiger partial charge < -0.3 is 9.47 Å². The fourth-order valence-electron chi connectivity index (χ4n) is 2.86. The van der Waals surface area contributed by atoms with E-state index in [4.69, 9.17) is 14.7 Å². The second-order valence-corrected chi connectivity index (χ2v) is 5.37. The van der Waals surface area contributed by atoms with Crippen LogP contribution >= 0.6 is 0 Å². The van der Waals surface area contributed by atoms with Gasteiger partial charge in [-0.05, 0) is 31.4 Å². The van der Waals surface area contributed by atoms with Crippen molar-refractivity contribution in [2.75, 3.05) is 6.61 Å². The Morgan fingerprint density at radius 2 is 2.26 bits per heavy atom. The average Bonchev–Trinajstić information content (AvgIpc) is 2.37. The maximum absolute atomic E-state index is 13.5. The minimum atomic E-state index is -0.523. The molecule has 1 heterocycles. The molecule has 3 rings (SSSR count). The standard InChI is InChI=1S/C15H16FNO2/c16-14-8-12(3-2-11(14)10-17)19-13-4-7-18-15(9-13)5-1-6-15/h2-3,8,13H,1,4-7,9H2. The lowest BCUT2D eigenvalue weighted by atomic mass is 9.74. The molecule has 0 radical (unpaired) electrons. The lowest BCUT2D eigenvalue weighted by molar-refractivity contribution is -0.153. The normalized spacial score (nSPS) is 24.5. The number of nitriles is 1. The molecule has 3 nitrogen and oxygen atoms in total. The SMILES string of the molecule is N#Cc1ccc(OC2CCOC3(CCC3)C2)cc1F. The Morgan fingerprint density at radius 3 is 2.89 bits per heavy atom. The van der Waals surface area contributed by atoms with Crippen molar-refractivity contribution in [3.63, 3.8) is 0 Å². The van der Waals surface area contributed by atoms with Crippen molar-refractivity contribution in [3.05, 3.63) is 29.6 Å². The molecule has 4 heteroatoms. The fourth-order valence-corrected chi connectivity index (χ4v) is 2.86. The fraction of sp³-hybridized carbons (Fsp3) is 0.533. The van der Waals surface area contributed by atoms with Gasteiger partial charge in [0.25, 0.3) is 0 Å². The molecule has 0 amide bonds. The van der Waals surface area contributed by atoms with E-state index in [1.165, 1.54) is 18.6 Å². The third kappa shape index (κ3) is 2.43. The van der Waals surface area contributed by atoms with Crippen molar-refractivity contribution in [2.45, 2.75) is 43.8 Å². The number of hydrogen-bond donors (Lipinski definition) is 0. The van der Waals surface area contributed by atoms with E-state index in [-0.39, 0.29) is 17.3 Å². The molecule has 19 heavy (non-hydrogen) atoms. The topological polar surface area (TPSA) is 42.2 Å². The van der Waals surface area contributed by atoms with Crippen LogP contribution in [-0.2, 0) is 4.74 Å². The molecule has 1 aliphatic carbocycles. The highest BCUT2D eigenvalue weighted by Gasteiger charge is 2.43. The monoisotopic (exact) mass is 261 g/mol.